The number of likely N-dealkylation sites (N-methyl/N-ethyl adjacent to an activating group) is 1. The van der Waals surface area contributed by atoms with Crippen LogP contribution in [0.3, 0.4) is 0 Å². The second-order valence-corrected chi connectivity index (χ2v) is 6.27. The molecule has 1 aromatic carbocycles. The first-order chi connectivity index (χ1) is 11.5. The smallest absolute Gasteiger partial charge is 0.161 e. The first-order valence-corrected chi connectivity index (χ1v) is 8.22. The van der Waals surface area contributed by atoms with Crippen molar-refractivity contribution in [1.82, 2.24) is 10.1 Å². The minimum atomic E-state index is -0.604. The van der Waals surface area contributed by atoms with E-state index < -0.39 is 6.10 Å². The Labute approximate surface area is 142 Å². The number of benzene rings is 1. The van der Waals surface area contributed by atoms with Gasteiger partial charge in [-0.1, -0.05) is 11.2 Å². The highest BCUT2D eigenvalue weighted by molar-refractivity contribution is 5.44. The van der Waals surface area contributed by atoms with Crippen LogP contribution in [0.5, 0.6) is 11.5 Å². The molecule has 2 aromatic rings. The average molecular weight is 332 g/mol. The van der Waals surface area contributed by atoms with Crippen LogP contribution in [0.25, 0.3) is 0 Å². The minimum absolute atomic E-state index is 0.504. The second kappa shape index (κ2) is 7.23. The van der Waals surface area contributed by atoms with E-state index in [0.29, 0.717) is 32.1 Å². The van der Waals surface area contributed by atoms with Gasteiger partial charge in [0.2, 0.25) is 0 Å². The van der Waals surface area contributed by atoms with Crippen LogP contribution < -0.4 is 9.47 Å². The van der Waals surface area contributed by atoms with E-state index in [1.807, 2.05) is 39.1 Å². The summed E-state index contributed by atoms with van der Waals surface area (Å²) in [5.74, 6) is 2.27. The third-order valence-corrected chi connectivity index (χ3v) is 4.25. The number of nitrogens with zero attached hydrogens (tertiary/aromatic N) is 2. The Kier molecular flexibility index (Phi) is 5.06. The van der Waals surface area contributed by atoms with Crippen molar-refractivity contribution in [2.24, 2.45) is 0 Å². The van der Waals surface area contributed by atoms with Gasteiger partial charge in [0.05, 0.1) is 25.0 Å². The van der Waals surface area contributed by atoms with Gasteiger partial charge in [0, 0.05) is 25.1 Å². The molecule has 1 N–H and O–H groups in total. The molecule has 0 bridgehead atoms. The summed E-state index contributed by atoms with van der Waals surface area (Å²) in [6.45, 7) is 6.32. The average Bonchev–Trinajstić information content (AvgIpc) is 2.78. The number of hydrogen-bond acceptors (Lipinski definition) is 6. The number of aromatic nitrogens is 1. The normalized spacial score (nSPS) is 15.4. The molecule has 1 aliphatic rings. The molecule has 0 spiro atoms. The van der Waals surface area contributed by atoms with E-state index >= 15 is 0 Å². The Hall–Kier alpha value is -2.05. The maximum atomic E-state index is 10.6. The molecule has 0 unspecified atom stereocenters. The Balaban J connectivity index is 1.66. The Morgan fingerprint density at radius 3 is 2.67 bits per heavy atom. The molecule has 130 valence electrons. The van der Waals surface area contributed by atoms with E-state index in [1.54, 1.807) is 0 Å². The van der Waals surface area contributed by atoms with E-state index in [9.17, 15) is 5.11 Å². The van der Waals surface area contributed by atoms with Crippen molar-refractivity contribution < 1.29 is 19.1 Å². The summed E-state index contributed by atoms with van der Waals surface area (Å²) in [4.78, 5) is 2.06. The van der Waals surface area contributed by atoms with Gasteiger partial charge in [-0.3, -0.25) is 4.90 Å². The number of aliphatic hydroxyl groups is 1. The summed E-state index contributed by atoms with van der Waals surface area (Å²) >= 11 is 0. The van der Waals surface area contributed by atoms with Gasteiger partial charge in [-0.2, -0.15) is 0 Å². The lowest BCUT2D eigenvalue weighted by Crippen LogP contribution is -2.24. The summed E-state index contributed by atoms with van der Waals surface area (Å²) in [6, 6.07) is 5.63. The van der Waals surface area contributed by atoms with Gasteiger partial charge in [-0.25, -0.2) is 0 Å². The van der Waals surface area contributed by atoms with Crippen LogP contribution in [-0.2, 0) is 6.54 Å². The third kappa shape index (κ3) is 3.71. The molecule has 2 heterocycles. The van der Waals surface area contributed by atoms with Gasteiger partial charge in [-0.05, 0) is 38.6 Å². The van der Waals surface area contributed by atoms with Gasteiger partial charge >= 0.3 is 0 Å². The number of ether oxygens (including phenoxy) is 2. The van der Waals surface area contributed by atoms with Crippen LogP contribution >= 0.6 is 0 Å². The lowest BCUT2D eigenvalue weighted by molar-refractivity contribution is 0.123. The van der Waals surface area contributed by atoms with E-state index in [-0.39, 0.29) is 0 Å². The summed E-state index contributed by atoms with van der Waals surface area (Å²) in [6.07, 6.45) is 0.264. The van der Waals surface area contributed by atoms with Gasteiger partial charge in [0.1, 0.15) is 5.76 Å². The zero-order valence-corrected chi connectivity index (χ0v) is 14.4. The number of aryl methyl sites for hydroxylation is 2. The Morgan fingerprint density at radius 2 is 1.96 bits per heavy atom. The Bertz CT molecular complexity index is 679. The van der Waals surface area contributed by atoms with Gasteiger partial charge < -0.3 is 19.1 Å². The molecular formula is C18H24N2O4. The molecule has 0 amide bonds. The molecule has 24 heavy (non-hydrogen) atoms. The van der Waals surface area contributed by atoms with Gasteiger partial charge in [0.25, 0.3) is 0 Å². The second-order valence-electron chi connectivity index (χ2n) is 6.27. The number of hydrogen-bond donors (Lipinski definition) is 1. The van der Waals surface area contributed by atoms with Crippen molar-refractivity contribution >= 4 is 0 Å². The molecule has 6 heteroatoms. The molecular weight excluding hydrogens is 308 g/mol. The van der Waals surface area contributed by atoms with Gasteiger partial charge in [-0.15, -0.1) is 0 Å². The van der Waals surface area contributed by atoms with Crippen molar-refractivity contribution in [2.45, 2.75) is 32.9 Å². The topological polar surface area (TPSA) is 68.0 Å². The molecule has 1 aliphatic heterocycles. The monoisotopic (exact) mass is 332 g/mol. The van der Waals surface area contributed by atoms with Crippen LogP contribution in [-0.4, -0.2) is 42.0 Å². The SMILES string of the molecule is Cc1noc(C)c1CN(C)C[C@H](O)c1ccc2c(c1)OCCCO2. The fourth-order valence-corrected chi connectivity index (χ4v) is 2.85. The van der Waals surface area contributed by atoms with Crippen LogP contribution in [0.15, 0.2) is 22.7 Å². The van der Waals surface area contributed by atoms with Crippen molar-refractivity contribution in [3.8, 4) is 11.5 Å². The highest BCUT2D eigenvalue weighted by Crippen LogP contribution is 2.32. The van der Waals surface area contributed by atoms with E-state index in [2.05, 4.69) is 10.1 Å². The van der Waals surface area contributed by atoms with Crippen LogP contribution in [0.4, 0.5) is 0 Å². The summed E-state index contributed by atoms with van der Waals surface area (Å²) in [7, 11) is 1.97. The summed E-state index contributed by atoms with van der Waals surface area (Å²) < 4.78 is 16.5. The number of fused-ring (bicyclic) bond motifs is 1. The number of rotatable bonds is 5. The zero-order valence-electron chi connectivity index (χ0n) is 14.4. The third-order valence-electron chi connectivity index (χ3n) is 4.25. The highest BCUT2D eigenvalue weighted by Gasteiger charge is 2.18. The lowest BCUT2D eigenvalue weighted by atomic mass is 10.1. The predicted molar refractivity (Wildman–Crippen MR) is 89.3 cm³/mol. The molecule has 0 saturated carbocycles. The molecule has 0 aliphatic carbocycles. The lowest BCUT2D eigenvalue weighted by Gasteiger charge is -2.21. The molecule has 0 radical (unpaired) electrons. The fourth-order valence-electron chi connectivity index (χ4n) is 2.85. The molecule has 6 nitrogen and oxygen atoms in total. The van der Waals surface area contributed by atoms with Crippen LogP contribution in [0.2, 0.25) is 0 Å². The van der Waals surface area contributed by atoms with Crippen LogP contribution in [0.1, 0.15) is 35.1 Å². The molecule has 1 aromatic heterocycles. The first-order valence-electron chi connectivity index (χ1n) is 8.22. The van der Waals surface area contributed by atoms with E-state index in [0.717, 1.165) is 34.8 Å². The zero-order chi connectivity index (χ0) is 17.1. The molecule has 3 rings (SSSR count). The van der Waals surface area contributed by atoms with E-state index in [1.165, 1.54) is 0 Å². The van der Waals surface area contributed by atoms with E-state index in [4.69, 9.17) is 14.0 Å². The molecule has 0 saturated heterocycles. The molecule has 1 atom stereocenters. The van der Waals surface area contributed by atoms with Crippen molar-refractivity contribution in [2.75, 3.05) is 26.8 Å². The standard InChI is InChI=1S/C18H24N2O4/c1-12-15(13(2)24-19-12)10-20(3)11-16(21)14-5-6-17-18(9-14)23-8-4-7-22-17/h5-6,9,16,21H,4,7-8,10-11H2,1-3H3/t16-/m0/s1. The Morgan fingerprint density at radius 1 is 1.21 bits per heavy atom. The number of aliphatic hydroxyl groups excluding tert-OH is 1. The largest absolute Gasteiger partial charge is 0.490 e. The quantitative estimate of drug-likeness (QED) is 0.908. The van der Waals surface area contributed by atoms with Gasteiger partial charge in [0.15, 0.2) is 11.5 Å². The fraction of sp³-hybridized carbons (Fsp3) is 0.500. The highest BCUT2D eigenvalue weighted by atomic mass is 16.5. The summed E-state index contributed by atoms with van der Waals surface area (Å²) in [5, 5.41) is 14.5. The van der Waals surface area contributed by atoms with Crippen LogP contribution in [0, 0.1) is 13.8 Å². The summed E-state index contributed by atoms with van der Waals surface area (Å²) in [5.41, 5.74) is 2.79. The van der Waals surface area contributed by atoms with Crippen molar-refractivity contribution in [1.29, 1.82) is 0 Å². The van der Waals surface area contributed by atoms with Crippen molar-refractivity contribution in [3.05, 3.63) is 40.8 Å². The predicted octanol–water partition coefficient (Wildman–Crippen LogP) is 2.62. The molecule has 0 fully saturated rings. The van der Waals surface area contributed by atoms with Crippen molar-refractivity contribution in [3.63, 3.8) is 0 Å². The maximum absolute atomic E-state index is 10.6. The first kappa shape index (κ1) is 16.8. The maximum Gasteiger partial charge on any atom is 0.161 e. The minimum Gasteiger partial charge on any atom is -0.490 e.